The quantitative estimate of drug-likeness (QED) is 0.461. The molecule has 0 aromatic heterocycles. The molecule has 114 valence electrons. The minimum atomic E-state index is -0.912. The van der Waals surface area contributed by atoms with Crippen LogP contribution in [0.15, 0.2) is 54.1 Å². The SMILES string of the molecule is CC(=CC(=O)O)CCCCC(=O)c1ccc2ccccc2c1. The molecular weight excluding hydrogens is 276 g/mol. The van der Waals surface area contributed by atoms with Gasteiger partial charge in [0.05, 0.1) is 0 Å². The molecule has 2 aromatic rings. The zero-order valence-electron chi connectivity index (χ0n) is 12.7. The van der Waals surface area contributed by atoms with E-state index in [0.29, 0.717) is 6.42 Å². The van der Waals surface area contributed by atoms with Gasteiger partial charge in [0.1, 0.15) is 0 Å². The van der Waals surface area contributed by atoms with Crippen molar-refractivity contribution in [1.82, 2.24) is 0 Å². The Morgan fingerprint density at radius 2 is 1.68 bits per heavy atom. The molecule has 3 nitrogen and oxygen atoms in total. The lowest BCUT2D eigenvalue weighted by Gasteiger charge is -2.04. The first kappa shape index (κ1) is 16.0. The van der Waals surface area contributed by atoms with Crippen molar-refractivity contribution >= 4 is 22.5 Å². The number of fused-ring (bicyclic) bond motifs is 1. The largest absolute Gasteiger partial charge is 0.478 e. The molecule has 1 N–H and O–H groups in total. The molecule has 0 amide bonds. The third-order valence-corrected chi connectivity index (χ3v) is 3.67. The van der Waals surface area contributed by atoms with Crippen molar-refractivity contribution in [2.24, 2.45) is 0 Å². The van der Waals surface area contributed by atoms with Crippen LogP contribution in [-0.2, 0) is 4.79 Å². The number of allylic oxidation sites excluding steroid dienone is 1. The molecule has 22 heavy (non-hydrogen) atoms. The van der Waals surface area contributed by atoms with Crippen molar-refractivity contribution < 1.29 is 14.7 Å². The maximum absolute atomic E-state index is 12.2. The van der Waals surface area contributed by atoms with Gasteiger partial charge < -0.3 is 5.11 Å². The van der Waals surface area contributed by atoms with Crippen LogP contribution in [0.25, 0.3) is 10.8 Å². The van der Waals surface area contributed by atoms with Crippen LogP contribution >= 0.6 is 0 Å². The lowest BCUT2D eigenvalue weighted by Crippen LogP contribution is -1.99. The fourth-order valence-electron chi connectivity index (χ4n) is 2.48. The second-order valence-electron chi connectivity index (χ2n) is 5.52. The maximum Gasteiger partial charge on any atom is 0.328 e. The Morgan fingerprint density at radius 1 is 1.00 bits per heavy atom. The molecule has 2 rings (SSSR count). The average Bonchev–Trinajstić information content (AvgIpc) is 2.50. The van der Waals surface area contributed by atoms with E-state index in [-0.39, 0.29) is 5.78 Å². The van der Waals surface area contributed by atoms with E-state index < -0.39 is 5.97 Å². The molecule has 0 atom stereocenters. The summed E-state index contributed by atoms with van der Waals surface area (Å²) in [6.07, 6.45) is 4.05. The highest BCUT2D eigenvalue weighted by Gasteiger charge is 2.06. The molecule has 0 saturated carbocycles. The van der Waals surface area contributed by atoms with E-state index in [0.717, 1.165) is 41.2 Å². The third kappa shape index (κ3) is 4.55. The first-order chi connectivity index (χ1) is 10.6. The lowest BCUT2D eigenvalue weighted by molar-refractivity contribution is -0.131. The first-order valence-corrected chi connectivity index (χ1v) is 7.48. The van der Waals surface area contributed by atoms with Crippen molar-refractivity contribution in [3.05, 3.63) is 59.7 Å². The van der Waals surface area contributed by atoms with Crippen molar-refractivity contribution in [1.29, 1.82) is 0 Å². The summed E-state index contributed by atoms with van der Waals surface area (Å²) in [6, 6.07) is 13.8. The molecule has 0 unspecified atom stereocenters. The van der Waals surface area contributed by atoms with Gasteiger partial charge in [-0.15, -0.1) is 0 Å². The average molecular weight is 296 g/mol. The number of unbranched alkanes of at least 4 members (excludes halogenated alkanes) is 1. The Balaban J connectivity index is 1.87. The first-order valence-electron chi connectivity index (χ1n) is 7.48. The molecule has 3 heteroatoms. The van der Waals surface area contributed by atoms with Crippen molar-refractivity contribution in [3.63, 3.8) is 0 Å². The molecule has 0 bridgehead atoms. The summed E-state index contributed by atoms with van der Waals surface area (Å²) in [5.74, 6) is -0.768. The van der Waals surface area contributed by atoms with E-state index in [4.69, 9.17) is 5.11 Å². The van der Waals surface area contributed by atoms with Crippen molar-refractivity contribution in [2.45, 2.75) is 32.6 Å². The molecule has 0 heterocycles. The topological polar surface area (TPSA) is 54.4 Å². The second kappa shape index (κ2) is 7.55. The summed E-state index contributed by atoms with van der Waals surface area (Å²) in [7, 11) is 0. The smallest absolute Gasteiger partial charge is 0.328 e. The standard InChI is InChI=1S/C19H20O3/c1-14(12-19(21)22)6-2-5-9-18(20)17-11-10-15-7-3-4-8-16(15)13-17/h3-4,7-8,10-13H,2,5-6,9H2,1H3,(H,21,22). The third-order valence-electron chi connectivity index (χ3n) is 3.67. The van der Waals surface area contributed by atoms with Crippen LogP contribution in [0.2, 0.25) is 0 Å². The van der Waals surface area contributed by atoms with Gasteiger partial charge in [-0.1, -0.05) is 42.0 Å². The minimum Gasteiger partial charge on any atom is -0.478 e. The lowest BCUT2D eigenvalue weighted by atomic mass is 10.0. The Hall–Kier alpha value is -2.42. The van der Waals surface area contributed by atoms with Crippen LogP contribution in [-0.4, -0.2) is 16.9 Å². The number of carbonyl (C=O) groups excluding carboxylic acids is 1. The van der Waals surface area contributed by atoms with Gasteiger partial charge in [0.15, 0.2) is 5.78 Å². The minimum absolute atomic E-state index is 0.144. The fourth-order valence-corrected chi connectivity index (χ4v) is 2.48. The highest BCUT2D eigenvalue weighted by atomic mass is 16.4. The van der Waals surface area contributed by atoms with E-state index in [1.54, 1.807) is 6.92 Å². The molecule has 0 aliphatic heterocycles. The van der Waals surface area contributed by atoms with Gasteiger partial charge in [-0.3, -0.25) is 4.79 Å². The van der Waals surface area contributed by atoms with Crippen LogP contribution in [0.5, 0.6) is 0 Å². The number of carboxylic acid groups (broad SMARTS) is 1. The van der Waals surface area contributed by atoms with Gasteiger partial charge in [0.25, 0.3) is 0 Å². The van der Waals surface area contributed by atoms with Crippen LogP contribution < -0.4 is 0 Å². The molecule has 0 radical (unpaired) electrons. The van der Waals surface area contributed by atoms with E-state index in [1.165, 1.54) is 6.08 Å². The normalized spacial score (nSPS) is 11.6. The van der Waals surface area contributed by atoms with Crippen molar-refractivity contribution in [2.75, 3.05) is 0 Å². The monoisotopic (exact) mass is 296 g/mol. The zero-order chi connectivity index (χ0) is 15.9. The van der Waals surface area contributed by atoms with E-state index in [9.17, 15) is 9.59 Å². The van der Waals surface area contributed by atoms with E-state index in [2.05, 4.69) is 0 Å². The second-order valence-corrected chi connectivity index (χ2v) is 5.52. The molecule has 0 saturated heterocycles. The summed E-state index contributed by atoms with van der Waals surface area (Å²) in [6.45, 7) is 1.80. The Kier molecular flexibility index (Phi) is 5.48. The number of ketones is 1. The van der Waals surface area contributed by atoms with Crippen LogP contribution in [0.1, 0.15) is 43.0 Å². The number of rotatable bonds is 7. The summed E-state index contributed by atoms with van der Waals surface area (Å²) >= 11 is 0. The van der Waals surface area contributed by atoms with Gasteiger partial charge in [-0.05, 0) is 43.0 Å². The number of hydrogen-bond acceptors (Lipinski definition) is 2. The highest BCUT2D eigenvalue weighted by molar-refractivity contribution is 5.99. The number of carbonyl (C=O) groups is 2. The van der Waals surface area contributed by atoms with Gasteiger partial charge in [0.2, 0.25) is 0 Å². The van der Waals surface area contributed by atoms with Crippen LogP contribution in [0.4, 0.5) is 0 Å². The summed E-state index contributed by atoms with van der Waals surface area (Å²) < 4.78 is 0. The van der Waals surface area contributed by atoms with Gasteiger partial charge in [0, 0.05) is 18.1 Å². The predicted octanol–water partition coefficient (Wildman–Crippen LogP) is 4.61. The molecule has 0 aliphatic carbocycles. The molecule has 0 aliphatic rings. The molecular formula is C19H20O3. The molecule has 2 aromatic carbocycles. The Bertz CT molecular complexity index is 713. The van der Waals surface area contributed by atoms with E-state index >= 15 is 0 Å². The molecule has 0 fully saturated rings. The number of carboxylic acids is 1. The summed E-state index contributed by atoms with van der Waals surface area (Å²) in [4.78, 5) is 22.7. The predicted molar refractivity (Wildman–Crippen MR) is 88.1 cm³/mol. The summed E-state index contributed by atoms with van der Waals surface area (Å²) in [5, 5.41) is 10.8. The van der Waals surface area contributed by atoms with Gasteiger partial charge in [-0.25, -0.2) is 4.79 Å². The zero-order valence-corrected chi connectivity index (χ0v) is 12.7. The number of Topliss-reactive ketones (excluding diaryl/α,β-unsaturated/α-hetero) is 1. The van der Waals surface area contributed by atoms with E-state index in [1.807, 2.05) is 42.5 Å². The number of benzene rings is 2. The van der Waals surface area contributed by atoms with Gasteiger partial charge >= 0.3 is 5.97 Å². The number of aliphatic carboxylic acids is 1. The Morgan fingerprint density at radius 3 is 2.41 bits per heavy atom. The summed E-state index contributed by atoms with van der Waals surface area (Å²) in [5.41, 5.74) is 1.59. The van der Waals surface area contributed by atoms with Crippen LogP contribution in [0, 0.1) is 0 Å². The van der Waals surface area contributed by atoms with Crippen molar-refractivity contribution in [3.8, 4) is 0 Å². The maximum atomic E-state index is 12.2. The Labute approximate surface area is 130 Å². The molecule has 0 spiro atoms. The van der Waals surface area contributed by atoms with Gasteiger partial charge in [-0.2, -0.15) is 0 Å². The fraction of sp³-hybridized carbons (Fsp3) is 0.263. The van der Waals surface area contributed by atoms with Crippen LogP contribution in [0.3, 0.4) is 0 Å². The number of hydrogen-bond donors (Lipinski definition) is 1. The highest BCUT2D eigenvalue weighted by Crippen LogP contribution is 2.18.